The molecule has 0 radical (unpaired) electrons. The minimum atomic E-state index is -0.128. The first-order chi connectivity index (χ1) is 6.20. The highest BCUT2D eigenvalue weighted by Gasteiger charge is 2.13. The van der Waals surface area contributed by atoms with Crippen LogP contribution in [0.1, 0.15) is 18.3 Å². The lowest BCUT2D eigenvalue weighted by Crippen LogP contribution is -2.15. The van der Waals surface area contributed by atoms with Crippen LogP contribution in [0.4, 0.5) is 5.95 Å². The van der Waals surface area contributed by atoms with Crippen molar-refractivity contribution in [2.45, 2.75) is 12.5 Å². The predicted octanol–water partition coefficient (Wildman–Crippen LogP) is 0.433. The van der Waals surface area contributed by atoms with Crippen LogP contribution in [0.15, 0.2) is 12.7 Å². The summed E-state index contributed by atoms with van der Waals surface area (Å²) in [6.45, 7) is 3.63. The van der Waals surface area contributed by atoms with Gasteiger partial charge in [0, 0.05) is 14.1 Å². The van der Waals surface area contributed by atoms with Gasteiger partial charge in [-0.25, -0.2) is 0 Å². The standard InChI is InChI=1S/C8H15N5/c1-4-5-6(9)7-11-12-8(10-2)13(7)3/h4,6H,1,5,9H2,2-3H3,(H,10,12). The lowest BCUT2D eigenvalue weighted by atomic mass is 10.2. The minimum Gasteiger partial charge on any atom is -0.357 e. The Morgan fingerprint density at radius 1 is 1.69 bits per heavy atom. The van der Waals surface area contributed by atoms with Gasteiger partial charge in [-0.15, -0.1) is 16.8 Å². The molecule has 0 aliphatic heterocycles. The van der Waals surface area contributed by atoms with E-state index in [9.17, 15) is 0 Å². The van der Waals surface area contributed by atoms with Gasteiger partial charge in [-0.05, 0) is 6.42 Å². The second-order valence-corrected chi connectivity index (χ2v) is 2.82. The Bertz CT molecular complexity index is 291. The third kappa shape index (κ3) is 1.86. The Hall–Kier alpha value is -1.36. The van der Waals surface area contributed by atoms with Crippen molar-refractivity contribution in [3.05, 3.63) is 18.5 Å². The molecular formula is C8H15N5. The monoisotopic (exact) mass is 181 g/mol. The van der Waals surface area contributed by atoms with Crippen LogP contribution in [-0.4, -0.2) is 21.8 Å². The molecule has 1 unspecified atom stereocenters. The Morgan fingerprint density at radius 2 is 2.38 bits per heavy atom. The highest BCUT2D eigenvalue weighted by Crippen LogP contribution is 2.13. The van der Waals surface area contributed by atoms with Crippen molar-refractivity contribution in [1.29, 1.82) is 0 Å². The molecule has 1 aromatic heterocycles. The molecule has 0 saturated heterocycles. The number of rotatable bonds is 4. The molecule has 0 aliphatic rings. The van der Waals surface area contributed by atoms with E-state index in [4.69, 9.17) is 5.73 Å². The van der Waals surface area contributed by atoms with Crippen molar-refractivity contribution in [3.63, 3.8) is 0 Å². The van der Waals surface area contributed by atoms with Gasteiger partial charge in [0.25, 0.3) is 0 Å². The fraction of sp³-hybridized carbons (Fsp3) is 0.500. The summed E-state index contributed by atoms with van der Waals surface area (Å²) in [6.07, 6.45) is 2.48. The SMILES string of the molecule is C=CCC(N)c1nnc(NC)n1C. The van der Waals surface area contributed by atoms with Crippen molar-refractivity contribution < 1.29 is 0 Å². The van der Waals surface area contributed by atoms with Crippen LogP contribution >= 0.6 is 0 Å². The fourth-order valence-electron chi connectivity index (χ4n) is 1.17. The highest BCUT2D eigenvalue weighted by molar-refractivity contribution is 5.24. The lowest BCUT2D eigenvalue weighted by molar-refractivity contribution is 0.642. The average Bonchev–Trinajstić information content (AvgIpc) is 2.47. The summed E-state index contributed by atoms with van der Waals surface area (Å²) in [5.41, 5.74) is 5.85. The van der Waals surface area contributed by atoms with E-state index in [1.165, 1.54) is 0 Å². The van der Waals surface area contributed by atoms with Crippen molar-refractivity contribution in [1.82, 2.24) is 14.8 Å². The zero-order valence-corrected chi connectivity index (χ0v) is 7.99. The first-order valence-corrected chi connectivity index (χ1v) is 4.14. The highest BCUT2D eigenvalue weighted by atomic mass is 15.3. The Kier molecular flexibility index (Phi) is 3.02. The smallest absolute Gasteiger partial charge is 0.224 e. The first-order valence-electron chi connectivity index (χ1n) is 4.14. The molecule has 5 nitrogen and oxygen atoms in total. The second kappa shape index (κ2) is 4.04. The van der Waals surface area contributed by atoms with E-state index in [1.807, 2.05) is 11.6 Å². The molecular weight excluding hydrogens is 166 g/mol. The van der Waals surface area contributed by atoms with Crippen molar-refractivity contribution >= 4 is 5.95 Å². The molecule has 1 rings (SSSR count). The number of nitrogens with two attached hydrogens (primary N) is 1. The first kappa shape index (κ1) is 9.73. The molecule has 1 heterocycles. The van der Waals surface area contributed by atoms with Crippen molar-refractivity contribution in [3.8, 4) is 0 Å². The molecule has 0 fully saturated rings. The van der Waals surface area contributed by atoms with E-state index >= 15 is 0 Å². The maximum atomic E-state index is 5.85. The Labute approximate surface area is 77.6 Å². The normalized spacial score (nSPS) is 12.5. The third-order valence-electron chi connectivity index (χ3n) is 1.88. The number of aromatic nitrogens is 3. The van der Waals surface area contributed by atoms with Gasteiger partial charge in [-0.3, -0.25) is 4.57 Å². The maximum Gasteiger partial charge on any atom is 0.224 e. The molecule has 13 heavy (non-hydrogen) atoms. The largest absolute Gasteiger partial charge is 0.357 e. The van der Waals surface area contributed by atoms with Gasteiger partial charge in [-0.2, -0.15) is 0 Å². The van der Waals surface area contributed by atoms with Gasteiger partial charge in [0.05, 0.1) is 6.04 Å². The molecule has 0 bridgehead atoms. The van der Waals surface area contributed by atoms with Crippen molar-refractivity contribution in [2.24, 2.45) is 12.8 Å². The zero-order chi connectivity index (χ0) is 9.84. The molecule has 0 saturated carbocycles. The van der Waals surface area contributed by atoms with E-state index in [0.717, 1.165) is 11.8 Å². The summed E-state index contributed by atoms with van der Waals surface area (Å²) in [5.74, 6) is 1.48. The Balaban J connectivity index is 2.88. The van der Waals surface area contributed by atoms with Gasteiger partial charge in [0.2, 0.25) is 5.95 Å². The second-order valence-electron chi connectivity index (χ2n) is 2.82. The molecule has 0 aromatic carbocycles. The van der Waals surface area contributed by atoms with Crippen LogP contribution in [0.2, 0.25) is 0 Å². The average molecular weight is 181 g/mol. The summed E-state index contributed by atoms with van der Waals surface area (Å²) >= 11 is 0. The van der Waals surface area contributed by atoms with Crippen LogP contribution in [0.25, 0.3) is 0 Å². The fourth-order valence-corrected chi connectivity index (χ4v) is 1.17. The third-order valence-corrected chi connectivity index (χ3v) is 1.88. The number of nitrogens with zero attached hydrogens (tertiary/aromatic N) is 3. The van der Waals surface area contributed by atoms with E-state index in [-0.39, 0.29) is 6.04 Å². The quantitative estimate of drug-likeness (QED) is 0.661. The van der Waals surface area contributed by atoms with Crippen LogP contribution in [-0.2, 0) is 7.05 Å². The van der Waals surface area contributed by atoms with E-state index in [0.29, 0.717) is 6.42 Å². The van der Waals surface area contributed by atoms with Gasteiger partial charge in [0.1, 0.15) is 0 Å². The number of hydrogen-bond donors (Lipinski definition) is 2. The van der Waals surface area contributed by atoms with Crippen LogP contribution in [0.3, 0.4) is 0 Å². The molecule has 0 aliphatic carbocycles. The molecule has 1 atom stereocenters. The topological polar surface area (TPSA) is 68.8 Å². The zero-order valence-electron chi connectivity index (χ0n) is 7.99. The van der Waals surface area contributed by atoms with Crippen LogP contribution in [0.5, 0.6) is 0 Å². The van der Waals surface area contributed by atoms with E-state index in [2.05, 4.69) is 22.1 Å². The summed E-state index contributed by atoms with van der Waals surface area (Å²) in [5, 5.41) is 10.8. The molecule has 72 valence electrons. The van der Waals surface area contributed by atoms with Crippen molar-refractivity contribution in [2.75, 3.05) is 12.4 Å². The molecule has 1 aromatic rings. The number of anilines is 1. The van der Waals surface area contributed by atoms with Gasteiger partial charge in [-0.1, -0.05) is 6.08 Å². The number of nitrogens with one attached hydrogen (secondary N) is 1. The molecule has 3 N–H and O–H groups in total. The molecule has 0 spiro atoms. The van der Waals surface area contributed by atoms with Crippen LogP contribution < -0.4 is 11.1 Å². The van der Waals surface area contributed by atoms with E-state index in [1.54, 1.807) is 13.1 Å². The maximum absolute atomic E-state index is 5.85. The van der Waals surface area contributed by atoms with Gasteiger partial charge in [0.15, 0.2) is 5.82 Å². The number of hydrogen-bond acceptors (Lipinski definition) is 4. The predicted molar refractivity (Wildman–Crippen MR) is 52.3 cm³/mol. The minimum absolute atomic E-state index is 0.128. The molecule has 0 amide bonds. The summed E-state index contributed by atoms with van der Waals surface area (Å²) in [7, 11) is 3.68. The summed E-state index contributed by atoms with van der Waals surface area (Å²) < 4.78 is 1.84. The summed E-state index contributed by atoms with van der Waals surface area (Å²) in [6, 6.07) is -0.128. The van der Waals surface area contributed by atoms with E-state index < -0.39 is 0 Å². The lowest BCUT2D eigenvalue weighted by Gasteiger charge is -2.08. The van der Waals surface area contributed by atoms with Gasteiger partial charge < -0.3 is 11.1 Å². The summed E-state index contributed by atoms with van der Waals surface area (Å²) in [4.78, 5) is 0. The Morgan fingerprint density at radius 3 is 2.85 bits per heavy atom. The molecule has 5 heteroatoms. The van der Waals surface area contributed by atoms with Gasteiger partial charge >= 0.3 is 0 Å². The van der Waals surface area contributed by atoms with Crippen LogP contribution in [0, 0.1) is 0 Å².